The summed E-state index contributed by atoms with van der Waals surface area (Å²) in [5.74, 6) is 0. The maximum absolute atomic E-state index is 12.3. The summed E-state index contributed by atoms with van der Waals surface area (Å²) in [5, 5.41) is 9.80. The molecule has 0 aromatic carbocycles. The van der Waals surface area contributed by atoms with Crippen molar-refractivity contribution in [2.24, 2.45) is 0 Å². The predicted octanol–water partition coefficient (Wildman–Crippen LogP) is 0.562. The van der Waals surface area contributed by atoms with Gasteiger partial charge >= 0.3 is 0 Å². The molecule has 0 radical (unpaired) electrons. The molecular weight excluding hydrogens is 252 g/mol. The van der Waals surface area contributed by atoms with Gasteiger partial charge in [0.05, 0.1) is 6.20 Å². The lowest BCUT2D eigenvalue weighted by molar-refractivity contribution is 0.283. The minimum atomic E-state index is -3.40. The number of piperidine rings is 1. The Kier molecular flexibility index (Phi) is 4.36. The van der Waals surface area contributed by atoms with E-state index >= 15 is 0 Å². The van der Waals surface area contributed by atoms with E-state index in [0.717, 1.165) is 25.8 Å². The van der Waals surface area contributed by atoms with Gasteiger partial charge in [0.2, 0.25) is 0 Å². The first kappa shape index (κ1) is 13.5. The molecule has 1 aromatic rings. The highest BCUT2D eigenvalue weighted by Gasteiger charge is 2.30. The fraction of sp³-hybridized carbons (Fsp3) is 0.727. The van der Waals surface area contributed by atoms with E-state index in [1.54, 1.807) is 0 Å². The highest BCUT2D eigenvalue weighted by Crippen LogP contribution is 2.18. The number of nitrogens with zero attached hydrogens (tertiary/aromatic N) is 2. The second-order valence-corrected chi connectivity index (χ2v) is 6.48. The van der Waals surface area contributed by atoms with E-state index in [-0.39, 0.29) is 11.1 Å². The third-order valence-corrected chi connectivity index (χ3v) is 4.95. The van der Waals surface area contributed by atoms with Gasteiger partial charge in [-0.15, -0.1) is 0 Å². The zero-order valence-electron chi connectivity index (χ0n) is 10.6. The molecule has 0 spiro atoms. The molecule has 0 amide bonds. The Bertz CT molecular complexity index is 457. The highest BCUT2D eigenvalue weighted by atomic mass is 32.2. The van der Waals surface area contributed by atoms with Crippen LogP contribution in [0.5, 0.6) is 0 Å². The van der Waals surface area contributed by atoms with Crippen LogP contribution in [0.1, 0.15) is 26.2 Å². The second-order valence-electron chi connectivity index (χ2n) is 4.58. The van der Waals surface area contributed by atoms with Crippen LogP contribution in [0.25, 0.3) is 0 Å². The Morgan fingerprint density at radius 2 is 2.44 bits per heavy atom. The van der Waals surface area contributed by atoms with Crippen LogP contribution in [0.4, 0.5) is 0 Å². The molecule has 7 heteroatoms. The number of sulfonamides is 1. The molecular formula is C11H20N4O2S. The lowest BCUT2D eigenvalue weighted by atomic mass is 10.1. The van der Waals surface area contributed by atoms with Crippen LogP contribution in [-0.2, 0) is 10.0 Å². The summed E-state index contributed by atoms with van der Waals surface area (Å²) in [6, 6.07) is 1.76. The lowest BCUT2D eigenvalue weighted by Crippen LogP contribution is -2.48. The fourth-order valence-electron chi connectivity index (χ4n) is 2.20. The first-order chi connectivity index (χ1) is 8.64. The molecule has 102 valence electrons. The summed E-state index contributed by atoms with van der Waals surface area (Å²) >= 11 is 0. The van der Waals surface area contributed by atoms with Gasteiger partial charge in [0, 0.05) is 19.1 Å². The maximum atomic E-state index is 12.3. The third kappa shape index (κ3) is 2.90. The molecule has 1 saturated heterocycles. The van der Waals surface area contributed by atoms with Gasteiger partial charge in [0.15, 0.2) is 5.03 Å². The number of rotatable bonds is 5. The third-order valence-electron chi connectivity index (χ3n) is 3.16. The van der Waals surface area contributed by atoms with Gasteiger partial charge in [-0.2, -0.15) is 9.40 Å². The van der Waals surface area contributed by atoms with Crippen molar-refractivity contribution in [1.82, 2.24) is 19.8 Å². The first-order valence-corrected chi connectivity index (χ1v) is 7.81. The molecule has 0 aliphatic carbocycles. The average Bonchev–Trinajstić information content (AvgIpc) is 2.91. The van der Waals surface area contributed by atoms with Crippen molar-refractivity contribution < 1.29 is 8.42 Å². The minimum Gasteiger partial charge on any atom is -0.313 e. The number of hydrogen-bond donors (Lipinski definition) is 2. The zero-order chi connectivity index (χ0) is 13.0. The zero-order valence-corrected chi connectivity index (χ0v) is 11.4. The summed E-state index contributed by atoms with van der Waals surface area (Å²) < 4.78 is 26.1. The molecule has 1 aromatic heterocycles. The van der Waals surface area contributed by atoms with Crippen molar-refractivity contribution in [3.8, 4) is 0 Å². The van der Waals surface area contributed by atoms with Crippen molar-refractivity contribution in [3.63, 3.8) is 0 Å². The molecule has 6 nitrogen and oxygen atoms in total. The van der Waals surface area contributed by atoms with E-state index in [1.165, 1.54) is 16.6 Å². The topological polar surface area (TPSA) is 78.1 Å². The summed E-state index contributed by atoms with van der Waals surface area (Å²) in [6.07, 6.45) is 4.46. The SMILES string of the molecule is CCCNC1CCCN(S(=O)(=O)c2ccn[nH]2)C1. The molecule has 18 heavy (non-hydrogen) atoms. The van der Waals surface area contributed by atoms with Crippen molar-refractivity contribution in [2.45, 2.75) is 37.3 Å². The minimum absolute atomic E-state index is 0.179. The lowest BCUT2D eigenvalue weighted by Gasteiger charge is -2.32. The Hall–Kier alpha value is -0.920. The van der Waals surface area contributed by atoms with E-state index in [0.29, 0.717) is 13.1 Å². The Balaban J connectivity index is 2.04. The van der Waals surface area contributed by atoms with Crippen LogP contribution in [-0.4, -0.2) is 48.6 Å². The number of aromatic nitrogens is 2. The fourth-order valence-corrected chi connectivity index (χ4v) is 3.63. The summed E-state index contributed by atoms with van der Waals surface area (Å²) in [6.45, 7) is 4.17. The molecule has 1 atom stereocenters. The Morgan fingerprint density at radius 3 is 3.11 bits per heavy atom. The second kappa shape index (κ2) is 5.81. The van der Waals surface area contributed by atoms with Gasteiger partial charge in [-0.3, -0.25) is 5.10 Å². The van der Waals surface area contributed by atoms with Crippen molar-refractivity contribution >= 4 is 10.0 Å². The first-order valence-electron chi connectivity index (χ1n) is 6.37. The number of nitrogens with one attached hydrogen (secondary N) is 2. The molecule has 2 heterocycles. The van der Waals surface area contributed by atoms with Gasteiger partial charge in [-0.05, 0) is 31.9 Å². The quantitative estimate of drug-likeness (QED) is 0.821. The van der Waals surface area contributed by atoms with Crippen LogP contribution in [0.2, 0.25) is 0 Å². The van der Waals surface area contributed by atoms with E-state index < -0.39 is 10.0 Å². The van der Waals surface area contributed by atoms with Crippen LogP contribution in [0, 0.1) is 0 Å². The van der Waals surface area contributed by atoms with Crippen molar-refractivity contribution in [1.29, 1.82) is 0 Å². The predicted molar refractivity (Wildman–Crippen MR) is 68.7 cm³/mol. The molecule has 1 aliphatic heterocycles. The Labute approximate surface area is 108 Å². The van der Waals surface area contributed by atoms with Crippen LogP contribution in [0.3, 0.4) is 0 Å². The molecule has 2 N–H and O–H groups in total. The molecule has 1 unspecified atom stereocenters. The molecule has 1 fully saturated rings. The molecule has 0 bridgehead atoms. The molecule has 0 saturated carbocycles. The van der Waals surface area contributed by atoms with Crippen LogP contribution in [0.15, 0.2) is 17.3 Å². The largest absolute Gasteiger partial charge is 0.313 e. The van der Waals surface area contributed by atoms with Crippen molar-refractivity contribution in [2.75, 3.05) is 19.6 Å². The Morgan fingerprint density at radius 1 is 1.61 bits per heavy atom. The average molecular weight is 272 g/mol. The van der Waals surface area contributed by atoms with Gasteiger partial charge < -0.3 is 5.32 Å². The van der Waals surface area contributed by atoms with Gasteiger partial charge in [-0.25, -0.2) is 8.42 Å². The van der Waals surface area contributed by atoms with Crippen LogP contribution >= 0.6 is 0 Å². The summed E-state index contributed by atoms with van der Waals surface area (Å²) in [7, 11) is -3.40. The maximum Gasteiger partial charge on any atom is 0.260 e. The number of hydrogen-bond acceptors (Lipinski definition) is 4. The summed E-state index contributed by atoms with van der Waals surface area (Å²) in [5.41, 5.74) is 0. The summed E-state index contributed by atoms with van der Waals surface area (Å²) in [4.78, 5) is 0. The van der Waals surface area contributed by atoms with Gasteiger partial charge in [-0.1, -0.05) is 6.92 Å². The standard InChI is InChI=1S/C11H20N4O2S/c1-2-6-12-10-4-3-8-15(9-10)18(16,17)11-5-7-13-14-11/h5,7,10,12H,2-4,6,8-9H2,1H3,(H,13,14). The van der Waals surface area contributed by atoms with E-state index in [4.69, 9.17) is 0 Å². The van der Waals surface area contributed by atoms with E-state index in [1.807, 2.05) is 0 Å². The normalized spacial score (nSPS) is 22.2. The number of aromatic amines is 1. The molecule has 2 rings (SSSR count). The van der Waals surface area contributed by atoms with E-state index in [2.05, 4.69) is 22.4 Å². The monoisotopic (exact) mass is 272 g/mol. The van der Waals surface area contributed by atoms with Crippen LogP contribution < -0.4 is 5.32 Å². The number of H-pyrrole nitrogens is 1. The van der Waals surface area contributed by atoms with Gasteiger partial charge in [0.25, 0.3) is 10.0 Å². The smallest absolute Gasteiger partial charge is 0.260 e. The highest BCUT2D eigenvalue weighted by molar-refractivity contribution is 7.89. The molecule has 1 aliphatic rings. The van der Waals surface area contributed by atoms with E-state index in [9.17, 15) is 8.42 Å². The van der Waals surface area contributed by atoms with Crippen molar-refractivity contribution in [3.05, 3.63) is 12.3 Å². The van der Waals surface area contributed by atoms with Gasteiger partial charge in [0.1, 0.15) is 0 Å².